The summed E-state index contributed by atoms with van der Waals surface area (Å²) < 4.78 is 38.7. The Kier molecular flexibility index (Phi) is 5.36. The molecule has 2 aromatic rings. The summed E-state index contributed by atoms with van der Waals surface area (Å²) in [6, 6.07) is 5.23. The number of halogens is 4. The molecule has 6 nitrogen and oxygen atoms in total. The van der Waals surface area contributed by atoms with Gasteiger partial charge in [-0.1, -0.05) is 11.6 Å². The molecular weight excluding hydrogens is 419 g/mol. The molecule has 0 radical (unpaired) electrons. The minimum atomic E-state index is -4.50. The van der Waals surface area contributed by atoms with Gasteiger partial charge in [0.25, 0.3) is 0 Å². The maximum Gasteiger partial charge on any atom is 0.416 e. The predicted molar refractivity (Wildman–Crippen MR) is 108 cm³/mol. The van der Waals surface area contributed by atoms with Gasteiger partial charge in [0.15, 0.2) is 0 Å². The second kappa shape index (κ2) is 7.70. The van der Waals surface area contributed by atoms with E-state index in [1.54, 1.807) is 0 Å². The molecule has 0 aliphatic carbocycles. The quantitative estimate of drug-likeness (QED) is 0.787. The van der Waals surface area contributed by atoms with Crippen molar-refractivity contribution >= 4 is 29.0 Å². The number of hydrogen-bond donors (Lipinski definition) is 1. The second-order valence-electron chi connectivity index (χ2n) is 7.78. The van der Waals surface area contributed by atoms with E-state index < -0.39 is 11.7 Å². The van der Waals surface area contributed by atoms with Crippen LogP contribution in [-0.4, -0.2) is 52.5 Å². The van der Waals surface area contributed by atoms with Crippen LogP contribution in [0.4, 0.5) is 24.7 Å². The molecule has 1 amide bonds. The topological polar surface area (TPSA) is 61.4 Å². The number of piperidine rings is 1. The normalized spacial score (nSPS) is 21.3. The molecule has 160 valence electrons. The van der Waals surface area contributed by atoms with Crippen molar-refractivity contribution in [3.05, 3.63) is 46.4 Å². The number of anilines is 2. The van der Waals surface area contributed by atoms with E-state index in [0.717, 1.165) is 55.0 Å². The van der Waals surface area contributed by atoms with Crippen LogP contribution < -0.4 is 10.2 Å². The Morgan fingerprint density at radius 1 is 1.20 bits per heavy atom. The van der Waals surface area contributed by atoms with Gasteiger partial charge in [0, 0.05) is 36.9 Å². The molecule has 3 aliphatic rings. The van der Waals surface area contributed by atoms with E-state index in [9.17, 15) is 18.0 Å². The van der Waals surface area contributed by atoms with Crippen LogP contribution in [0.2, 0.25) is 5.02 Å². The van der Waals surface area contributed by atoms with Crippen LogP contribution in [0.1, 0.15) is 23.5 Å². The summed E-state index contributed by atoms with van der Waals surface area (Å²) in [7, 11) is 0. The molecule has 2 atom stereocenters. The van der Waals surface area contributed by atoms with Crippen LogP contribution in [0.25, 0.3) is 0 Å². The van der Waals surface area contributed by atoms with E-state index in [1.165, 1.54) is 0 Å². The molecule has 5 rings (SSSR count). The summed E-state index contributed by atoms with van der Waals surface area (Å²) in [6.07, 6.45) is -3.52. The summed E-state index contributed by atoms with van der Waals surface area (Å²) in [5.41, 5.74) is 0.0239. The number of benzene rings is 1. The van der Waals surface area contributed by atoms with Crippen LogP contribution in [0, 0.1) is 13.8 Å². The zero-order valence-corrected chi connectivity index (χ0v) is 17.3. The first kappa shape index (κ1) is 20.9. The molecule has 0 saturated carbocycles. The van der Waals surface area contributed by atoms with Crippen molar-refractivity contribution in [1.82, 2.24) is 14.9 Å². The number of aromatic nitrogens is 2. The third-order valence-electron chi connectivity index (χ3n) is 5.51. The number of carbonyl (C=O) groups excluding carboxylic acids is 1. The highest BCUT2D eigenvalue weighted by Gasteiger charge is 2.45. The fourth-order valence-corrected chi connectivity index (χ4v) is 4.31. The van der Waals surface area contributed by atoms with Crippen molar-refractivity contribution in [2.24, 2.45) is 0 Å². The number of aryl methyl sites for hydroxylation is 2. The highest BCUT2D eigenvalue weighted by atomic mass is 35.5. The Hall–Kier alpha value is -2.39. The van der Waals surface area contributed by atoms with Crippen LogP contribution in [-0.2, 0) is 11.0 Å². The first-order valence-corrected chi connectivity index (χ1v) is 9.97. The largest absolute Gasteiger partial charge is 0.416 e. The van der Waals surface area contributed by atoms with Crippen molar-refractivity contribution in [3.8, 4) is 0 Å². The molecule has 10 heteroatoms. The lowest BCUT2D eigenvalue weighted by atomic mass is 9.87. The van der Waals surface area contributed by atoms with Gasteiger partial charge in [-0.2, -0.15) is 13.2 Å². The first-order valence-electron chi connectivity index (χ1n) is 9.60. The Bertz CT molecular complexity index is 951. The van der Waals surface area contributed by atoms with Crippen LogP contribution in [0.5, 0.6) is 0 Å². The van der Waals surface area contributed by atoms with Crippen molar-refractivity contribution in [1.29, 1.82) is 0 Å². The third-order valence-corrected chi connectivity index (χ3v) is 5.84. The number of nitrogens with zero attached hydrogens (tertiary/aromatic N) is 4. The fraction of sp³-hybridized carbons (Fsp3) is 0.450. The van der Waals surface area contributed by atoms with Gasteiger partial charge in [0.1, 0.15) is 11.6 Å². The van der Waals surface area contributed by atoms with Gasteiger partial charge < -0.3 is 10.2 Å². The third kappa shape index (κ3) is 4.22. The minimum absolute atomic E-state index is 0.0317. The lowest BCUT2D eigenvalue weighted by molar-refractivity contribution is -0.137. The highest BCUT2D eigenvalue weighted by Crippen LogP contribution is 2.35. The average Bonchev–Trinajstić information content (AvgIpc) is 2.66. The van der Waals surface area contributed by atoms with E-state index >= 15 is 0 Å². The predicted octanol–water partition coefficient (Wildman–Crippen LogP) is 3.67. The van der Waals surface area contributed by atoms with E-state index in [2.05, 4.69) is 25.1 Å². The van der Waals surface area contributed by atoms with E-state index in [0.29, 0.717) is 0 Å². The summed E-state index contributed by atoms with van der Waals surface area (Å²) in [4.78, 5) is 25.5. The lowest BCUT2D eigenvalue weighted by Gasteiger charge is -2.56. The van der Waals surface area contributed by atoms with Gasteiger partial charge >= 0.3 is 6.18 Å². The average molecular weight is 440 g/mol. The molecule has 30 heavy (non-hydrogen) atoms. The molecule has 0 spiro atoms. The van der Waals surface area contributed by atoms with Gasteiger partial charge in [-0.3, -0.25) is 9.69 Å². The van der Waals surface area contributed by atoms with Gasteiger partial charge in [0.2, 0.25) is 5.91 Å². The summed E-state index contributed by atoms with van der Waals surface area (Å²) in [6.45, 7) is 5.38. The summed E-state index contributed by atoms with van der Waals surface area (Å²) >= 11 is 5.97. The van der Waals surface area contributed by atoms with E-state index in [-0.39, 0.29) is 35.2 Å². The summed E-state index contributed by atoms with van der Waals surface area (Å²) in [5.74, 6) is 1.22. The molecular formula is C20H21ClF3N5O. The Morgan fingerprint density at radius 2 is 1.90 bits per heavy atom. The number of alkyl halides is 3. The molecule has 3 aliphatic heterocycles. The van der Waals surface area contributed by atoms with Crippen molar-refractivity contribution in [2.75, 3.05) is 29.9 Å². The van der Waals surface area contributed by atoms with Gasteiger partial charge in [-0.15, -0.1) is 0 Å². The van der Waals surface area contributed by atoms with Crippen molar-refractivity contribution in [2.45, 2.75) is 38.5 Å². The van der Waals surface area contributed by atoms with Crippen molar-refractivity contribution in [3.63, 3.8) is 0 Å². The molecule has 1 aromatic carbocycles. The zero-order valence-electron chi connectivity index (χ0n) is 16.5. The molecule has 1 N–H and O–H groups in total. The number of piperazine rings is 1. The smallest absolute Gasteiger partial charge is 0.353 e. The molecule has 4 heterocycles. The zero-order chi connectivity index (χ0) is 21.6. The second-order valence-corrected chi connectivity index (χ2v) is 8.18. The van der Waals surface area contributed by atoms with Crippen LogP contribution in [0.3, 0.4) is 0 Å². The van der Waals surface area contributed by atoms with Crippen LogP contribution in [0.15, 0.2) is 24.3 Å². The highest BCUT2D eigenvalue weighted by molar-refractivity contribution is 6.33. The monoisotopic (exact) mass is 439 g/mol. The van der Waals surface area contributed by atoms with Gasteiger partial charge in [-0.05, 0) is 38.5 Å². The number of rotatable bonds is 4. The molecule has 2 unspecified atom stereocenters. The van der Waals surface area contributed by atoms with Crippen molar-refractivity contribution < 1.29 is 18.0 Å². The molecule has 3 saturated heterocycles. The lowest BCUT2D eigenvalue weighted by Crippen LogP contribution is -2.69. The number of carbonyl (C=O) groups is 1. The Morgan fingerprint density at radius 3 is 2.53 bits per heavy atom. The number of amides is 1. The first-order chi connectivity index (χ1) is 14.1. The number of hydrogen-bond acceptors (Lipinski definition) is 5. The van der Waals surface area contributed by atoms with Gasteiger partial charge in [-0.25, -0.2) is 9.97 Å². The Balaban J connectivity index is 1.38. The minimum Gasteiger partial charge on any atom is -0.353 e. The molecule has 1 aromatic heterocycles. The Labute approximate surface area is 177 Å². The molecule has 3 fully saturated rings. The standard InChI is InChI=1S/C20H21ClF3N5O/c1-11-5-18(26-12(2)25-11)28-8-14-7-15(9-28)29(14)10-19(30)27-17-6-13(20(22,23)24)3-4-16(17)21/h3-6,14-15H,7-10H2,1-2H3,(H,27,30). The summed E-state index contributed by atoms with van der Waals surface area (Å²) in [5, 5.41) is 2.59. The van der Waals surface area contributed by atoms with E-state index in [1.807, 2.05) is 19.9 Å². The number of fused-ring (bicyclic) bond motifs is 2. The van der Waals surface area contributed by atoms with Crippen LogP contribution >= 0.6 is 11.6 Å². The van der Waals surface area contributed by atoms with Gasteiger partial charge in [0.05, 0.1) is 22.8 Å². The maximum absolute atomic E-state index is 12.9. The maximum atomic E-state index is 12.9. The SMILES string of the molecule is Cc1cc(N2CC3CC(C2)N3CC(=O)Nc2cc(C(F)(F)F)ccc2Cl)nc(C)n1. The van der Waals surface area contributed by atoms with E-state index in [4.69, 9.17) is 11.6 Å². The fourth-order valence-electron chi connectivity index (χ4n) is 4.14. The number of nitrogens with one attached hydrogen (secondary N) is 1. The molecule has 2 bridgehead atoms.